The number of ether oxygens (including phenoxy) is 1. The Labute approximate surface area is 171 Å². The van der Waals surface area contributed by atoms with Crippen LogP contribution in [0.2, 0.25) is 0 Å². The summed E-state index contributed by atoms with van der Waals surface area (Å²) in [6, 6.07) is 15.0. The Morgan fingerprint density at radius 3 is 2.57 bits per heavy atom. The van der Waals surface area contributed by atoms with Crippen molar-refractivity contribution in [1.82, 2.24) is 10.2 Å². The van der Waals surface area contributed by atoms with Crippen molar-refractivity contribution < 1.29 is 14.3 Å². The maximum Gasteiger partial charge on any atom is 0.337 e. The molecule has 2 aromatic carbocycles. The molecule has 28 heavy (non-hydrogen) atoms. The molecule has 0 fully saturated rings. The van der Waals surface area contributed by atoms with Gasteiger partial charge in [0.1, 0.15) is 0 Å². The third-order valence-electron chi connectivity index (χ3n) is 4.00. The van der Waals surface area contributed by atoms with Gasteiger partial charge < -0.3 is 10.1 Å². The van der Waals surface area contributed by atoms with Crippen LogP contribution in [0.25, 0.3) is 0 Å². The molecule has 3 aromatic rings. The Morgan fingerprint density at radius 1 is 1.11 bits per heavy atom. The normalized spacial score (nSPS) is 10.5. The fraction of sp³-hybridized carbons (Fsp3) is 0.200. The number of aryl methyl sites for hydroxylation is 1. The minimum absolute atomic E-state index is 0.111. The largest absolute Gasteiger partial charge is 0.465 e. The van der Waals surface area contributed by atoms with E-state index in [1.807, 2.05) is 43.3 Å². The quantitative estimate of drug-likeness (QED) is 0.357. The van der Waals surface area contributed by atoms with Crippen LogP contribution in [0.1, 0.15) is 27.0 Å². The summed E-state index contributed by atoms with van der Waals surface area (Å²) in [4.78, 5) is 23.7. The number of carbonyl (C=O) groups is 2. The number of thioether (sulfide) groups is 1. The summed E-state index contributed by atoms with van der Waals surface area (Å²) < 4.78 is 5.46. The lowest BCUT2D eigenvalue weighted by Crippen LogP contribution is -2.14. The molecule has 1 N–H and O–H groups in total. The van der Waals surface area contributed by atoms with Crippen LogP contribution < -0.4 is 5.32 Å². The van der Waals surface area contributed by atoms with Crippen molar-refractivity contribution >= 4 is 40.1 Å². The van der Waals surface area contributed by atoms with Gasteiger partial charge in [-0.2, -0.15) is 0 Å². The molecule has 0 bridgehead atoms. The molecule has 0 saturated carbocycles. The van der Waals surface area contributed by atoms with Crippen molar-refractivity contribution in [2.24, 2.45) is 0 Å². The smallest absolute Gasteiger partial charge is 0.337 e. The molecule has 144 valence electrons. The summed E-state index contributed by atoms with van der Waals surface area (Å²) in [6.07, 6.45) is 0.307. The second kappa shape index (κ2) is 9.48. The molecule has 1 heterocycles. The maximum absolute atomic E-state index is 12.2. The topological polar surface area (TPSA) is 81.2 Å². The molecule has 0 unspecified atom stereocenters. The number of hydrogen-bond acceptors (Lipinski definition) is 7. The third-order valence-corrected chi connectivity index (χ3v) is 6.05. The first-order valence-electron chi connectivity index (χ1n) is 8.53. The highest BCUT2D eigenvalue weighted by Crippen LogP contribution is 2.28. The molecule has 1 aromatic heterocycles. The van der Waals surface area contributed by atoms with Crippen LogP contribution in [0.3, 0.4) is 0 Å². The van der Waals surface area contributed by atoms with E-state index < -0.39 is 0 Å². The van der Waals surface area contributed by atoms with Gasteiger partial charge in [-0.15, -0.1) is 10.2 Å². The van der Waals surface area contributed by atoms with E-state index in [1.54, 1.807) is 12.1 Å². The molecular weight excluding hydrogens is 394 g/mol. The number of rotatable bonds is 7. The number of esters is 1. The number of nitrogens with zero attached hydrogens (tertiary/aromatic N) is 2. The summed E-state index contributed by atoms with van der Waals surface area (Å²) in [7, 11) is 1.36. The molecule has 0 spiro atoms. The first kappa shape index (κ1) is 20.0. The maximum atomic E-state index is 12.2. The molecular formula is C20H19N3O3S2. The first-order chi connectivity index (χ1) is 13.5. The van der Waals surface area contributed by atoms with E-state index >= 15 is 0 Å². The fourth-order valence-electron chi connectivity index (χ4n) is 2.46. The van der Waals surface area contributed by atoms with Crippen molar-refractivity contribution in [3.8, 4) is 0 Å². The fourth-order valence-corrected chi connectivity index (χ4v) is 4.19. The lowest BCUT2D eigenvalue weighted by molar-refractivity contribution is -0.115. The monoisotopic (exact) mass is 413 g/mol. The number of amides is 1. The SMILES string of the molecule is COC(=O)c1ccc(CSc2nnc(NC(=O)Cc3ccccc3C)s2)cc1. The standard InChI is InChI=1S/C20H19N3O3S2/c1-13-5-3-4-6-16(13)11-17(24)21-19-22-23-20(28-19)27-12-14-7-9-15(10-8-14)18(25)26-2/h3-10H,11-12H2,1-2H3,(H,21,22,24). The van der Waals surface area contributed by atoms with Crippen molar-refractivity contribution in [2.45, 2.75) is 23.4 Å². The molecule has 3 rings (SSSR count). The van der Waals surface area contributed by atoms with E-state index in [1.165, 1.54) is 30.2 Å². The predicted molar refractivity (Wildman–Crippen MR) is 111 cm³/mol. The molecule has 0 atom stereocenters. The van der Waals surface area contributed by atoms with Gasteiger partial charge in [0.15, 0.2) is 4.34 Å². The van der Waals surface area contributed by atoms with E-state index in [-0.39, 0.29) is 11.9 Å². The first-order valence-corrected chi connectivity index (χ1v) is 10.3. The molecule has 0 aliphatic rings. The highest BCUT2D eigenvalue weighted by atomic mass is 32.2. The van der Waals surface area contributed by atoms with Crippen LogP contribution in [0, 0.1) is 6.92 Å². The van der Waals surface area contributed by atoms with Gasteiger partial charge in [-0.1, -0.05) is 59.5 Å². The summed E-state index contributed by atoms with van der Waals surface area (Å²) >= 11 is 2.87. The zero-order chi connectivity index (χ0) is 19.9. The second-order valence-corrected chi connectivity index (χ2v) is 8.20. The van der Waals surface area contributed by atoms with E-state index in [9.17, 15) is 9.59 Å². The summed E-state index contributed by atoms with van der Waals surface area (Å²) in [5.74, 6) is 0.225. The lowest BCUT2D eigenvalue weighted by Gasteiger charge is -2.04. The van der Waals surface area contributed by atoms with Gasteiger partial charge in [0.25, 0.3) is 0 Å². The molecule has 0 aliphatic carbocycles. The minimum atomic E-state index is -0.352. The molecule has 0 saturated heterocycles. The molecule has 8 heteroatoms. The van der Waals surface area contributed by atoms with Crippen LogP contribution >= 0.6 is 23.1 Å². The zero-order valence-electron chi connectivity index (χ0n) is 15.5. The van der Waals surface area contributed by atoms with E-state index in [0.29, 0.717) is 22.9 Å². The Bertz CT molecular complexity index is 971. The third kappa shape index (κ3) is 5.40. The van der Waals surface area contributed by atoms with Crippen LogP contribution in [0.15, 0.2) is 52.9 Å². The predicted octanol–water partition coefficient (Wildman–Crippen LogP) is 4.11. The second-order valence-electron chi connectivity index (χ2n) is 6.00. The molecule has 6 nitrogen and oxygen atoms in total. The Morgan fingerprint density at radius 2 is 1.86 bits per heavy atom. The van der Waals surface area contributed by atoms with Crippen molar-refractivity contribution in [3.05, 3.63) is 70.8 Å². The van der Waals surface area contributed by atoms with Crippen LogP contribution in [-0.4, -0.2) is 29.2 Å². The van der Waals surface area contributed by atoms with Crippen LogP contribution in [0.4, 0.5) is 5.13 Å². The summed E-state index contributed by atoms with van der Waals surface area (Å²) in [5.41, 5.74) is 3.66. The van der Waals surface area contributed by atoms with E-state index in [4.69, 9.17) is 0 Å². The molecule has 1 amide bonds. The van der Waals surface area contributed by atoms with Gasteiger partial charge in [0.2, 0.25) is 11.0 Å². The highest BCUT2D eigenvalue weighted by Gasteiger charge is 2.11. The summed E-state index contributed by atoms with van der Waals surface area (Å²) in [5, 5.41) is 11.4. The lowest BCUT2D eigenvalue weighted by atomic mass is 10.1. The Hall–Kier alpha value is -2.71. The minimum Gasteiger partial charge on any atom is -0.465 e. The van der Waals surface area contributed by atoms with Gasteiger partial charge in [-0.05, 0) is 35.7 Å². The number of hydrogen-bond donors (Lipinski definition) is 1. The zero-order valence-corrected chi connectivity index (χ0v) is 17.1. The van der Waals surface area contributed by atoms with Gasteiger partial charge >= 0.3 is 5.97 Å². The van der Waals surface area contributed by atoms with Gasteiger partial charge in [0.05, 0.1) is 19.1 Å². The van der Waals surface area contributed by atoms with Crippen molar-refractivity contribution in [1.29, 1.82) is 0 Å². The molecule has 0 radical (unpaired) electrons. The van der Waals surface area contributed by atoms with Crippen molar-refractivity contribution in [2.75, 3.05) is 12.4 Å². The van der Waals surface area contributed by atoms with Crippen molar-refractivity contribution in [3.63, 3.8) is 0 Å². The number of carbonyl (C=O) groups excluding carboxylic acids is 2. The summed E-state index contributed by atoms with van der Waals surface area (Å²) in [6.45, 7) is 1.99. The van der Waals surface area contributed by atoms with Gasteiger partial charge in [-0.25, -0.2) is 4.79 Å². The molecule has 0 aliphatic heterocycles. The number of anilines is 1. The Kier molecular flexibility index (Phi) is 6.78. The number of nitrogens with one attached hydrogen (secondary N) is 1. The highest BCUT2D eigenvalue weighted by molar-refractivity contribution is 8.00. The van der Waals surface area contributed by atoms with Crippen LogP contribution in [0.5, 0.6) is 0 Å². The van der Waals surface area contributed by atoms with E-state index in [2.05, 4.69) is 20.3 Å². The number of methoxy groups -OCH3 is 1. The average Bonchev–Trinajstić information content (AvgIpc) is 3.15. The number of benzene rings is 2. The van der Waals surface area contributed by atoms with Gasteiger partial charge in [-0.3, -0.25) is 4.79 Å². The Balaban J connectivity index is 1.52. The average molecular weight is 414 g/mol. The number of aromatic nitrogens is 2. The van der Waals surface area contributed by atoms with Crippen LogP contribution in [-0.2, 0) is 21.7 Å². The van der Waals surface area contributed by atoms with E-state index in [0.717, 1.165) is 21.0 Å². The van der Waals surface area contributed by atoms with Gasteiger partial charge in [0, 0.05) is 5.75 Å².